The fourth-order valence-electron chi connectivity index (χ4n) is 1.61. The van der Waals surface area contributed by atoms with Crippen molar-refractivity contribution in [3.8, 4) is 0 Å². The molecule has 1 unspecified atom stereocenters. The van der Waals surface area contributed by atoms with Crippen molar-refractivity contribution < 1.29 is 14.6 Å². The molecule has 0 aliphatic rings. The van der Waals surface area contributed by atoms with Crippen LogP contribution in [0.15, 0.2) is 12.1 Å². The number of aryl methyl sites for hydroxylation is 2. The monoisotopic (exact) mass is 211 g/mol. The number of ether oxygens (including phenoxy) is 1. The summed E-state index contributed by atoms with van der Waals surface area (Å²) in [6, 6.07) is 4.03. The van der Waals surface area contributed by atoms with Gasteiger partial charge in [-0.2, -0.15) is 0 Å². The number of hydrogen-bond acceptors (Lipinski definition) is 2. The first kappa shape index (κ1) is 11.8. The Morgan fingerprint density at radius 3 is 2.40 bits per heavy atom. The summed E-state index contributed by atoms with van der Waals surface area (Å²) in [5.41, 5.74) is 2.25. The van der Waals surface area contributed by atoms with E-state index in [0.717, 1.165) is 11.4 Å². The normalized spacial score (nSPS) is 12.7. The van der Waals surface area contributed by atoms with Gasteiger partial charge in [-0.05, 0) is 26.0 Å². The smallest absolute Gasteiger partial charge is 0.306 e. The minimum atomic E-state index is -0.829. The summed E-state index contributed by atoms with van der Waals surface area (Å²) in [5, 5.41) is 8.69. The maximum absolute atomic E-state index is 10.6. The second-order valence-electron chi connectivity index (χ2n) is 3.68. The zero-order valence-corrected chi connectivity index (χ0v) is 9.36. The Hall–Kier alpha value is -1.29. The molecule has 4 heteroatoms. The maximum Gasteiger partial charge on any atom is 0.306 e. The van der Waals surface area contributed by atoms with E-state index in [4.69, 9.17) is 9.84 Å². The lowest BCUT2D eigenvalue weighted by molar-refractivity contribution is -0.139. The second kappa shape index (κ2) is 4.98. The first-order valence-electron chi connectivity index (χ1n) is 4.92. The number of aromatic nitrogens is 1. The number of rotatable bonds is 5. The Kier molecular flexibility index (Phi) is 3.91. The van der Waals surface area contributed by atoms with Gasteiger partial charge in [-0.25, -0.2) is 0 Å². The molecule has 1 heterocycles. The molecule has 84 valence electrons. The quantitative estimate of drug-likeness (QED) is 0.804. The van der Waals surface area contributed by atoms with Crippen LogP contribution in [0.2, 0.25) is 0 Å². The summed E-state index contributed by atoms with van der Waals surface area (Å²) in [7, 11) is 1.54. The number of carboxylic acid groups (broad SMARTS) is 1. The van der Waals surface area contributed by atoms with Gasteiger partial charge in [0.25, 0.3) is 0 Å². The van der Waals surface area contributed by atoms with Gasteiger partial charge in [-0.15, -0.1) is 0 Å². The van der Waals surface area contributed by atoms with Crippen molar-refractivity contribution in [1.82, 2.24) is 4.57 Å². The topological polar surface area (TPSA) is 51.5 Å². The Morgan fingerprint density at radius 2 is 2.00 bits per heavy atom. The molecule has 0 spiro atoms. The molecule has 0 saturated heterocycles. The number of aliphatic carboxylic acids is 1. The molecule has 15 heavy (non-hydrogen) atoms. The number of nitrogens with zero attached hydrogens (tertiary/aromatic N) is 1. The summed E-state index contributed by atoms with van der Waals surface area (Å²) in [6.07, 6.45) is -0.236. The van der Waals surface area contributed by atoms with Crippen LogP contribution in [0.4, 0.5) is 0 Å². The van der Waals surface area contributed by atoms with E-state index in [1.807, 2.05) is 26.0 Å². The fraction of sp³-hybridized carbons (Fsp3) is 0.545. The molecule has 0 amide bonds. The second-order valence-corrected chi connectivity index (χ2v) is 3.68. The molecule has 1 N–H and O–H groups in total. The number of hydrogen-bond donors (Lipinski definition) is 1. The van der Waals surface area contributed by atoms with E-state index in [0.29, 0.717) is 6.54 Å². The van der Waals surface area contributed by atoms with Crippen molar-refractivity contribution in [3.05, 3.63) is 23.5 Å². The third-order valence-electron chi connectivity index (χ3n) is 2.54. The van der Waals surface area contributed by atoms with Crippen LogP contribution in [-0.2, 0) is 16.1 Å². The summed E-state index contributed by atoms with van der Waals surface area (Å²) < 4.78 is 7.21. The molecule has 0 bridgehead atoms. The van der Waals surface area contributed by atoms with E-state index < -0.39 is 5.97 Å². The van der Waals surface area contributed by atoms with Crippen LogP contribution in [-0.4, -0.2) is 28.9 Å². The first-order chi connectivity index (χ1) is 7.04. The van der Waals surface area contributed by atoms with Crippen molar-refractivity contribution in [2.45, 2.75) is 32.9 Å². The van der Waals surface area contributed by atoms with E-state index >= 15 is 0 Å². The van der Waals surface area contributed by atoms with Gasteiger partial charge in [0.05, 0.1) is 12.5 Å². The van der Waals surface area contributed by atoms with Gasteiger partial charge >= 0.3 is 5.97 Å². The standard InChI is InChI=1S/C11H17NO3/c1-8-4-5-9(2)12(8)7-10(15-3)6-11(13)14/h4-5,10H,6-7H2,1-3H3,(H,13,14). The van der Waals surface area contributed by atoms with Crippen LogP contribution in [0.3, 0.4) is 0 Å². The zero-order valence-electron chi connectivity index (χ0n) is 9.36. The van der Waals surface area contributed by atoms with Gasteiger partial charge in [0.1, 0.15) is 0 Å². The first-order valence-corrected chi connectivity index (χ1v) is 4.92. The zero-order chi connectivity index (χ0) is 11.4. The van der Waals surface area contributed by atoms with E-state index in [1.54, 1.807) is 7.11 Å². The summed E-state index contributed by atoms with van der Waals surface area (Å²) >= 11 is 0. The lowest BCUT2D eigenvalue weighted by Crippen LogP contribution is -2.23. The van der Waals surface area contributed by atoms with Gasteiger partial charge < -0.3 is 14.4 Å². The lowest BCUT2D eigenvalue weighted by Gasteiger charge is -2.16. The van der Waals surface area contributed by atoms with Gasteiger partial charge in [-0.3, -0.25) is 4.79 Å². The molecular formula is C11H17NO3. The molecule has 1 aromatic rings. The molecule has 0 aliphatic carbocycles. The Balaban J connectivity index is 2.70. The largest absolute Gasteiger partial charge is 0.481 e. The molecule has 1 aromatic heterocycles. The molecule has 0 saturated carbocycles. The molecule has 4 nitrogen and oxygen atoms in total. The molecule has 0 aliphatic heterocycles. The van der Waals surface area contributed by atoms with Crippen LogP contribution < -0.4 is 0 Å². The van der Waals surface area contributed by atoms with Crippen molar-refractivity contribution >= 4 is 5.97 Å². The van der Waals surface area contributed by atoms with Crippen molar-refractivity contribution in [2.24, 2.45) is 0 Å². The Labute approximate surface area is 89.5 Å². The van der Waals surface area contributed by atoms with Gasteiger partial charge in [0.2, 0.25) is 0 Å². The highest BCUT2D eigenvalue weighted by atomic mass is 16.5. The Morgan fingerprint density at radius 1 is 1.47 bits per heavy atom. The predicted molar refractivity (Wildman–Crippen MR) is 57.0 cm³/mol. The molecule has 0 radical (unpaired) electrons. The molecule has 0 aromatic carbocycles. The highest BCUT2D eigenvalue weighted by Crippen LogP contribution is 2.10. The van der Waals surface area contributed by atoms with Crippen molar-refractivity contribution in [3.63, 3.8) is 0 Å². The van der Waals surface area contributed by atoms with Gasteiger partial charge in [0, 0.05) is 25.0 Å². The third kappa shape index (κ3) is 3.09. The fourth-order valence-corrected chi connectivity index (χ4v) is 1.61. The number of carbonyl (C=O) groups is 1. The minimum Gasteiger partial charge on any atom is -0.481 e. The van der Waals surface area contributed by atoms with E-state index in [2.05, 4.69) is 4.57 Å². The summed E-state index contributed by atoms with van der Waals surface area (Å²) in [6.45, 7) is 4.59. The number of carboxylic acids is 1. The highest BCUT2D eigenvalue weighted by molar-refractivity contribution is 5.67. The summed E-state index contributed by atoms with van der Waals surface area (Å²) in [5.74, 6) is -0.829. The minimum absolute atomic E-state index is 0.0353. The van der Waals surface area contributed by atoms with Crippen LogP contribution in [0.25, 0.3) is 0 Å². The van der Waals surface area contributed by atoms with E-state index in [9.17, 15) is 4.79 Å². The van der Waals surface area contributed by atoms with Crippen LogP contribution in [0.5, 0.6) is 0 Å². The highest BCUT2D eigenvalue weighted by Gasteiger charge is 2.14. The van der Waals surface area contributed by atoms with E-state index in [-0.39, 0.29) is 12.5 Å². The maximum atomic E-state index is 10.6. The summed E-state index contributed by atoms with van der Waals surface area (Å²) in [4.78, 5) is 10.6. The van der Waals surface area contributed by atoms with Gasteiger partial charge in [0.15, 0.2) is 0 Å². The Bertz CT molecular complexity index is 324. The predicted octanol–water partition coefficient (Wildman–Crippen LogP) is 1.59. The SMILES string of the molecule is COC(CC(=O)O)Cn1c(C)ccc1C. The average Bonchev–Trinajstić information content (AvgIpc) is 2.47. The van der Waals surface area contributed by atoms with Gasteiger partial charge in [-0.1, -0.05) is 0 Å². The molecule has 1 atom stereocenters. The van der Waals surface area contributed by atoms with Crippen LogP contribution in [0, 0.1) is 13.8 Å². The van der Waals surface area contributed by atoms with Crippen LogP contribution in [0.1, 0.15) is 17.8 Å². The van der Waals surface area contributed by atoms with Crippen molar-refractivity contribution in [2.75, 3.05) is 7.11 Å². The molecular weight excluding hydrogens is 194 g/mol. The third-order valence-corrected chi connectivity index (χ3v) is 2.54. The average molecular weight is 211 g/mol. The lowest BCUT2D eigenvalue weighted by atomic mass is 10.2. The number of methoxy groups -OCH3 is 1. The molecule has 0 fully saturated rings. The van der Waals surface area contributed by atoms with Crippen LogP contribution >= 0.6 is 0 Å². The molecule has 1 rings (SSSR count). The van der Waals surface area contributed by atoms with E-state index in [1.165, 1.54) is 0 Å². The van der Waals surface area contributed by atoms with Crippen molar-refractivity contribution in [1.29, 1.82) is 0 Å².